The molecule has 1 unspecified atom stereocenters. The lowest BCUT2D eigenvalue weighted by Crippen LogP contribution is -2.44. The molecule has 6 heteroatoms. The van der Waals surface area contributed by atoms with Gasteiger partial charge >= 0.3 is 5.97 Å². The Morgan fingerprint density at radius 1 is 1.28 bits per heavy atom. The van der Waals surface area contributed by atoms with Gasteiger partial charge in [-0.2, -0.15) is 0 Å². The monoisotopic (exact) mass is 257 g/mol. The molecule has 0 aliphatic heterocycles. The van der Waals surface area contributed by atoms with Crippen LogP contribution in [0.3, 0.4) is 0 Å². The molecule has 0 aromatic heterocycles. The molecule has 1 aromatic carbocycles. The van der Waals surface area contributed by atoms with E-state index in [1.54, 1.807) is 13.8 Å². The van der Waals surface area contributed by atoms with E-state index in [1.165, 1.54) is 6.07 Å². The SMILES string of the molecule is CC(C)C(NC(=O)c1cccc(F)c1F)C(=O)O. The van der Waals surface area contributed by atoms with Gasteiger partial charge < -0.3 is 10.4 Å². The summed E-state index contributed by atoms with van der Waals surface area (Å²) in [6.07, 6.45) is 0. The molecule has 0 bridgehead atoms. The molecule has 0 saturated heterocycles. The molecular formula is C12H13F2NO3. The predicted octanol–water partition coefficient (Wildman–Crippen LogP) is 1.80. The number of benzene rings is 1. The van der Waals surface area contributed by atoms with Crippen LogP contribution in [0.1, 0.15) is 24.2 Å². The van der Waals surface area contributed by atoms with E-state index < -0.39 is 35.1 Å². The van der Waals surface area contributed by atoms with E-state index in [4.69, 9.17) is 5.11 Å². The van der Waals surface area contributed by atoms with Gasteiger partial charge in [-0.15, -0.1) is 0 Å². The van der Waals surface area contributed by atoms with Gasteiger partial charge in [0, 0.05) is 0 Å². The summed E-state index contributed by atoms with van der Waals surface area (Å²) < 4.78 is 26.2. The van der Waals surface area contributed by atoms with E-state index in [-0.39, 0.29) is 5.92 Å². The van der Waals surface area contributed by atoms with Gasteiger partial charge in [-0.3, -0.25) is 4.79 Å². The van der Waals surface area contributed by atoms with Crippen molar-refractivity contribution in [2.24, 2.45) is 5.92 Å². The van der Waals surface area contributed by atoms with E-state index in [1.807, 2.05) is 0 Å². The molecule has 0 radical (unpaired) electrons. The highest BCUT2D eigenvalue weighted by molar-refractivity contribution is 5.96. The van der Waals surface area contributed by atoms with E-state index in [0.717, 1.165) is 12.1 Å². The van der Waals surface area contributed by atoms with Crippen LogP contribution in [0.25, 0.3) is 0 Å². The van der Waals surface area contributed by atoms with Crippen molar-refractivity contribution in [3.05, 3.63) is 35.4 Å². The third-order valence-corrected chi connectivity index (χ3v) is 2.42. The second-order valence-electron chi connectivity index (χ2n) is 4.13. The molecule has 0 saturated carbocycles. The van der Waals surface area contributed by atoms with Gasteiger partial charge in [0.05, 0.1) is 5.56 Å². The normalized spacial score (nSPS) is 12.3. The van der Waals surface area contributed by atoms with E-state index >= 15 is 0 Å². The number of aliphatic carboxylic acids is 1. The van der Waals surface area contributed by atoms with Crippen molar-refractivity contribution in [2.45, 2.75) is 19.9 Å². The van der Waals surface area contributed by atoms with Gasteiger partial charge in [-0.1, -0.05) is 19.9 Å². The number of amides is 1. The van der Waals surface area contributed by atoms with Gasteiger partial charge in [0.25, 0.3) is 5.91 Å². The molecule has 1 aromatic rings. The van der Waals surface area contributed by atoms with Crippen LogP contribution in [0.5, 0.6) is 0 Å². The Balaban J connectivity index is 2.94. The fraction of sp³-hybridized carbons (Fsp3) is 0.333. The van der Waals surface area contributed by atoms with Gasteiger partial charge in [-0.25, -0.2) is 13.6 Å². The Morgan fingerprint density at radius 3 is 2.39 bits per heavy atom. The zero-order chi connectivity index (χ0) is 13.9. The number of hydrogen-bond donors (Lipinski definition) is 2. The Bertz CT molecular complexity index is 474. The van der Waals surface area contributed by atoms with Crippen LogP contribution in [0.2, 0.25) is 0 Å². The van der Waals surface area contributed by atoms with Crippen molar-refractivity contribution in [2.75, 3.05) is 0 Å². The zero-order valence-corrected chi connectivity index (χ0v) is 9.91. The summed E-state index contributed by atoms with van der Waals surface area (Å²) in [5.41, 5.74) is -0.512. The first-order valence-corrected chi connectivity index (χ1v) is 5.32. The van der Waals surface area contributed by atoms with Crippen molar-refractivity contribution in [1.29, 1.82) is 0 Å². The van der Waals surface area contributed by atoms with Crippen LogP contribution < -0.4 is 5.32 Å². The summed E-state index contributed by atoms with van der Waals surface area (Å²) in [7, 11) is 0. The summed E-state index contributed by atoms with van der Waals surface area (Å²) >= 11 is 0. The molecule has 0 aliphatic carbocycles. The third kappa shape index (κ3) is 3.03. The molecule has 1 rings (SSSR count). The average Bonchev–Trinajstić information content (AvgIpc) is 2.28. The number of carbonyl (C=O) groups excluding carboxylic acids is 1. The lowest BCUT2D eigenvalue weighted by molar-refractivity contribution is -0.140. The first kappa shape index (κ1) is 14.1. The van der Waals surface area contributed by atoms with E-state index in [0.29, 0.717) is 0 Å². The first-order chi connectivity index (χ1) is 8.34. The number of rotatable bonds is 4. The maximum atomic E-state index is 13.3. The molecule has 0 heterocycles. The molecule has 1 atom stereocenters. The van der Waals surface area contributed by atoms with Crippen LogP contribution in [-0.4, -0.2) is 23.0 Å². The average molecular weight is 257 g/mol. The topological polar surface area (TPSA) is 66.4 Å². The zero-order valence-electron chi connectivity index (χ0n) is 9.91. The molecule has 1 amide bonds. The fourth-order valence-electron chi connectivity index (χ4n) is 1.41. The highest BCUT2D eigenvalue weighted by atomic mass is 19.2. The quantitative estimate of drug-likeness (QED) is 0.864. The van der Waals surface area contributed by atoms with Crippen molar-refractivity contribution in [1.82, 2.24) is 5.32 Å². The number of hydrogen-bond acceptors (Lipinski definition) is 2. The molecule has 98 valence electrons. The number of carboxylic acid groups (broad SMARTS) is 1. The van der Waals surface area contributed by atoms with Crippen molar-refractivity contribution in [3.63, 3.8) is 0 Å². The molecular weight excluding hydrogens is 244 g/mol. The smallest absolute Gasteiger partial charge is 0.326 e. The summed E-state index contributed by atoms with van der Waals surface area (Å²) in [6, 6.07) is 1.99. The largest absolute Gasteiger partial charge is 0.480 e. The van der Waals surface area contributed by atoms with Crippen LogP contribution in [0.15, 0.2) is 18.2 Å². The van der Waals surface area contributed by atoms with Gasteiger partial charge in [0.2, 0.25) is 0 Å². The first-order valence-electron chi connectivity index (χ1n) is 5.32. The standard InChI is InChI=1S/C12H13F2NO3/c1-6(2)10(12(17)18)15-11(16)7-4-3-5-8(13)9(7)14/h3-6,10H,1-2H3,(H,15,16)(H,17,18). The maximum absolute atomic E-state index is 13.3. The van der Waals surface area contributed by atoms with Crippen molar-refractivity contribution >= 4 is 11.9 Å². The minimum Gasteiger partial charge on any atom is -0.480 e. The minimum atomic E-state index is -1.29. The van der Waals surface area contributed by atoms with Crippen LogP contribution >= 0.6 is 0 Å². The van der Waals surface area contributed by atoms with Gasteiger partial charge in [-0.05, 0) is 18.1 Å². The Labute approximate surface area is 103 Å². The molecule has 18 heavy (non-hydrogen) atoms. The molecule has 0 aliphatic rings. The Hall–Kier alpha value is -1.98. The van der Waals surface area contributed by atoms with Crippen molar-refractivity contribution in [3.8, 4) is 0 Å². The predicted molar refractivity (Wildman–Crippen MR) is 60.1 cm³/mol. The van der Waals surface area contributed by atoms with Crippen molar-refractivity contribution < 1.29 is 23.5 Å². The van der Waals surface area contributed by atoms with Gasteiger partial charge in [0.1, 0.15) is 6.04 Å². The van der Waals surface area contributed by atoms with E-state index in [9.17, 15) is 18.4 Å². The summed E-state index contributed by atoms with van der Waals surface area (Å²) in [4.78, 5) is 22.5. The molecule has 0 spiro atoms. The Morgan fingerprint density at radius 2 is 1.89 bits per heavy atom. The maximum Gasteiger partial charge on any atom is 0.326 e. The molecule has 4 nitrogen and oxygen atoms in total. The number of nitrogens with one attached hydrogen (secondary N) is 1. The molecule has 0 fully saturated rings. The highest BCUT2D eigenvalue weighted by Gasteiger charge is 2.25. The lowest BCUT2D eigenvalue weighted by Gasteiger charge is -2.18. The third-order valence-electron chi connectivity index (χ3n) is 2.42. The second kappa shape index (κ2) is 5.57. The fourth-order valence-corrected chi connectivity index (χ4v) is 1.41. The summed E-state index contributed by atoms with van der Waals surface area (Å²) in [6.45, 7) is 3.20. The summed E-state index contributed by atoms with van der Waals surface area (Å²) in [5.74, 6) is -4.99. The van der Waals surface area contributed by atoms with Gasteiger partial charge in [0.15, 0.2) is 11.6 Å². The number of halogens is 2. The second-order valence-corrected chi connectivity index (χ2v) is 4.13. The number of carboxylic acids is 1. The Kier molecular flexibility index (Phi) is 4.36. The summed E-state index contributed by atoms with van der Waals surface area (Å²) in [5, 5.41) is 11.0. The molecule has 2 N–H and O–H groups in total. The van der Waals surface area contributed by atoms with E-state index in [2.05, 4.69) is 5.32 Å². The van der Waals surface area contributed by atoms with Crippen LogP contribution in [0.4, 0.5) is 8.78 Å². The number of carbonyl (C=O) groups is 2. The van der Waals surface area contributed by atoms with Crippen LogP contribution in [-0.2, 0) is 4.79 Å². The minimum absolute atomic E-state index is 0.372. The van der Waals surface area contributed by atoms with Crippen LogP contribution in [0, 0.1) is 17.6 Å². The highest BCUT2D eigenvalue weighted by Crippen LogP contribution is 2.12. The lowest BCUT2D eigenvalue weighted by atomic mass is 10.0.